The molecule has 2 saturated heterocycles. The fourth-order valence-electron chi connectivity index (χ4n) is 5.75. The molecular weight excluding hydrogens is 523 g/mol. The summed E-state index contributed by atoms with van der Waals surface area (Å²) in [7, 11) is 0. The van der Waals surface area contributed by atoms with Crippen LogP contribution in [0.4, 0.5) is 13.2 Å². The van der Waals surface area contributed by atoms with E-state index in [2.05, 4.69) is 21.2 Å². The normalized spacial score (nSPS) is 25.3. The molecule has 5 nitrogen and oxygen atoms in total. The Bertz CT molecular complexity index is 1140. The van der Waals surface area contributed by atoms with Crippen molar-refractivity contribution >= 4 is 27.7 Å². The summed E-state index contributed by atoms with van der Waals surface area (Å²) in [5.41, 5.74) is 5.55. The lowest BCUT2D eigenvalue weighted by Crippen LogP contribution is -2.58. The number of piperidine rings is 1. The molecule has 2 bridgehead atoms. The van der Waals surface area contributed by atoms with E-state index in [0.29, 0.717) is 12.8 Å². The molecule has 35 heavy (non-hydrogen) atoms. The van der Waals surface area contributed by atoms with E-state index in [1.165, 1.54) is 0 Å². The third-order valence-corrected chi connectivity index (χ3v) is 8.24. The Morgan fingerprint density at radius 3 is 2.26 bits per heavy atom. The third kappa shape index (κ3) is 4.48. The number of nitrogens with zero attached hydrogens (tertiary/aromatic N) is 1. The highest BCUT2D eigenvalue weighted by Gasteiger charge is 2.54. The maximum absolute atomic E-state index is 14.6. The number of amides is 2. The summed E-state index contributed by atoms with van der Waals surface area (Å²) in [5, 5.41) is 2.86. The molecule has 2 amide bonds. The Balaban J connectivity index is 1.42. The Kier molecular flexibility index (Phi) is 6.42. The number of benzene rings is 2. The van der Waals surface area contributed by atoms with Crippen LogP contribution in [0.3, 0.4) is 0 Å². The topological polar surface area (TPSA) is 75.4 Å². The van der Waals surface area contributed by atoms with Gasteiger partial charge in [-0.2, -0.15) is 0 Å². The van der Waals surface area contributed by atoms with Crippen molar-refractivity contribution in [2.24, 2.45) is 5.73 Å². The predicted octanol–water partition coefficient (Wildman–Crippen LogP) is 4.11. The van der Waals surface area contributed by atoms with Gasteiger partial charge in [0.1, 0.15) is 6.04 Å². The van der Waals surface area contributed by atoms with Gasteiger partial charge in [0, 0.05) is 34.6 Å². The fourth-order valence-corrected chi connectivity index (χ4v) is 6.02. The van der Waals surface area contributed by atoms with E-state index in [4.69, 9.17) is 5.73 Å². The summed E-state index contributed by atoms with van der Waals surface area (Å²) in [6, 6.07) is 8.70. The molecule has 3 fully saturated rings. The van der Waals surface area contributed by atoms with Crippen molar-refractivity contribution in [3.63, 3.8) is 0 Å². The van der Waals surface area contributed by atoms with E-state index in [-0.39, 0.29) is 36.0 Å². The first-order chi connectivity index (χ1) is 16.7. The number of carbonyl (C=O) groups is 2. The van der Waals surface area contributed by atoms with Gasteiger partial charge in [0.15, 0.2) is 17.5 Å². The van der Waals surface area contributed by atoms with E-state index < -0.39 is 34.8 Å². The average molecular weight is 550 g/mol. The zero-order chi connectivity index (χ0) is 24.9. The highest BCUT2D eigenvalue weighted by atomic mass is 79.9. The molecule has 0 aromatic heterocycles. The van der Waals surface area contributed by atoms with Crippen LogP contribution in [0.2, 0.25) is 0 Å². The Labute approximate surface area is 210 Å². The molecule has 2 heterocycles. The molecule has 0 radical (unpaired) electrons. The van der Waals surface area contributed by atoms with E-state index in [0.717, 1.165) is 47.9 Å². The minimum Gasteiger partial charge on any atom is -0.343 e. The standard InChI is InChI=1S/C26H27BrF3N3O2/c27-15-3-1-14(2-4-15)11-21(24(34)33-17-5-6-18(33)13-16(31)12-17)32-25(35)26(9-10-26)19-7-8-20(28)23(30)22(19)29/h1-4,7-8,16-18,21H,5-6,9-13,31H2,(H,32,35)/t16?,17?,18?,21-/m0/s1. The van der Waals surface area contributed by atoms with Crippen LogP contribution >= 0.6 is 15.9 Å². The van der Waals surface area contributed by atoms with E-state index >= 15 is 0 Å². The van der Waals surface area contributed by atoms with Crippen LogP contribution in [0.15, 0.2) is 40.9 Å². The van der Waals surface area contributed by atoms with Crippen molar-refractivity contribution in [3.05, 3.63) is 69.4 Å². The van der Waals surface area contributed by atoms with Crippen molar-refractivity contribution in [2.45, 2.75) is 74.5 Å². The SMILES string of the molecule is NC1CC2CCC(C1)N2C(=O)[C@H](Cc1ccc(Br)cc1)NC(=O)C1(c2ccc(F)c(F)c2F)CC1. The first-order valence-corrected chi connectivity index (χ1v) is 12.8. The monoisotopic (exact) mass is 549 g/mol. The van der Waals surface area contributed by atoms with Gasteiger partial charge in [-0.15, -0.1) is 0 Å². The number of halogens is 4. The van der Waals surface area contributed by atoms with Crippen LogP contribution in [0.25, 0.3) is 0 Å². The predicted molar refractivity (Wildman–Crippen MR) is 128 cm³/mol. The molecule has 0 spiro atoms. The summed E-state index contributed by atoms with van der Waals surface area (Å²) < 4.78 is 42.9. The van der Waals surface area contributed by atoms with Gasteiger partial charge in [-0.3, -0.25) is 9.59 Å². The van der Waals surface area contributed by atoms with Crippen LogP contribution < -0.4 is 11.1 Å². The summed E-state index contributed by atoms with van der Waals surface area (Å²) >= 11 is 3.40. The lowest BCUT2D eigenvalue weighted by atomic mass is 9.92. The van der Waals surface area contributed by atoms with E-state index in [1.54, 1.807) is 0 Å². The molecule has 1 aliphatic carbocycles. The van der Waals surface area contributed by atoms with Gasteiger partial charge in [0.25, 0.3) is 0 Å². The first kappa shape index (κ1) is 24.3. The minimum absolute atomic E-state index is 0.0408. The van der Waals surface area contributed by atoms with Gasteiger partial charge >= 0.3 is 0 Å². The quantitative estimate of drug-likeness (QED) is 0.532. The number of carbonyl (C=O) groups excluding carboxylic acids is 2. The van der Waals surface area contributed by atoms with Crippen molar-refractivity contribution in [1.29, 1.82) is 0 Å². The first-order valence-electron chi connectivity index (χ1n) is 12.0. The molecule has 2 unspecified atom stereocenters. The van der Waals surface area contributed by atoms with Gasteiger partial charge in [0.05, 0.1) is 5.41 Å². The second-order valence-corrected chi connectivity index (χ2v) is 10.9. The van der Waals surface area contributed by atoms with Crippen molar-refractivity contribution in [3.8, 4) is 0 Å². The lowest BCUT2D eigenvalue weighted by molar-refractivity contribution is -0.140. The largest absolute Gasteiger partial charge is 0.343 e. The van der Waals surface area contributed by atoms with Gasteiger partial charge in [-0.25, -0.2) is 13.2 Å². The average Bonchev–Trinajstić information content (AvgIpc) is 3.58. The molecule has 3 N–H and O–H groups in total. The Morgan fingerprint density at radius 2 is 1.66 bits per heavy atom. The van der Waals surface area contributed by atoms with Crippen LogP contribution in [0.1, 0.15) is 49.7 Å². The second-order valence-electron chi connectivity index (χ2n) is 10.0. The van der Waals surface area contributed by atoms with Crippen LogP contribution in [-0.4, -0.2) is 40.9 Å². The highest BCUT2D eigenvalue weighted by molar-refractivity contribution is 9.10. The molecule has 2 aromatic carbocycles. The number of hydrogen-bond donors (Lipinski definition) is 2. The van der Waals surface area contributed by atoms with E-state index in [1.807, 2.05) is 29.2 Å². The van der Waals surface area contributed by atoms with Gasteiger partial charge in [-0.05, 0) is 62.3 Å². The molecule has 5 rings (SSSR count). The maximum atomic E-state index is 14.6. The smallest absolute Gasteiger partial charge is 0.245 e. The highest BCUT2D eigenvalue weighted by Crippen LogP contribution is 2.50. The Hall–Kier alpha value is -2.39. The Morgan fingerprint density at radius 1 is 1.03 bits per heavy atom. The zero-order valence-electron chi connectivity index (χ0n) is 19.1. The van der Waals surface area contributed by atoms with Crippen LogP contribution in [0.5, 0.6) is 0 Å². The number of nitrogens with two attached hydrogens (primary N) is 1. The number of hydrogen-bond acceptors (Lipinski definition) is 3. The second kappa shape index (κ2) is 9.24. The molecule has 2 aliphatic heterocycles. The number of rotatable bonds is 6. The summed E-state index contributed by atoms with van der Waals surface area (Å²) in [6.45, 7) is 0. The number of nitrogens with one attached hydrogen (secondary N) is 1. The van der Waals surface area contributed by atoms with Gasteiger partial charge in [0.2, 0.25) is 11.8 Å². The summed E-state index contributed by atoms with van der Waals surface area (Å²) in [4.78, 5) is 29.1. The molecular formula is C26H27BrF3N3O2. The van der Waals surface area contributed by atoms with Crippen molar-refractivity contribution in [1.82, 2.24) is 10.2 Å². The molecule has 9 heteroatoms. The molecule has 2 aromatic rings. The van der Waals surface area contributed by atoms with Gasteiger partial charge in [-0.1, -0.05) is 34.1 Å². The molecule has 186 valence electrons. The molecule has 3 aliphatic rings. The zero-order valence-corrected chi connectivity index (χ0v) is 20.7. The third-order valence-electron chi connectivity index (χ3n) is 7.72. The fraction of sp³-hybridized carbons (Fsp3) is 0.462. The lowest BCUT2D eigenvalue weighted by Gasteiger charge is -2.40. The maximum Gasteiger partial charge on any atom is 0.245 e. The number of fused-ring (bicyclic) bond motifs is 2. The van der Waals surface area contributed by atoms with Crippen molar-refractivity contribution < 1.29 is 22.8 Å². The summed E-state index contributed by atoms with van der Waals surface area (Å²) in [5.74, 6) is -4.97. The van der Waals surface area contributed by atoms with Crippen LogP contribution in [-0.2, 0) is 21.4 Å². The summed E-state index contributed by atoms with van der Waals surface area (Å²) in [6.07, 6.45) is 4.07. The molecule has 3 atom stereocenters. The van der Waals surface area contributed by atoms with Gasteiger partial charge < -0.3 is 16.0 Å². The van der Waals surface area contributed by atoms with Crippen LogP contribution in [0, 0.1) is 17.5 Å². The van der Waals surface area contributed by atoms with E-state index in [9.17, 15) is 22.8 Å². The molecule has 1 saturated carbocycles. The van der Waals surface area contributed by atoms with Crippen molar-refractivity contribution in [2.75, 3.05) is 0 Å². The minimum atomic E-state index is -1.59.